The molecule has 3 amide bonds. The molecule has 28 heavy (non-hydrogen) atoms. The number of hydrogen-bond acceptors (Lipinski definition) is 5. The molecule has 3 aromatic rings. The van der Waals surface area contributed by atoms with Gasteiger partial charge in [0.1, 0.15) is 0 Å². The fourth-order valence-electron chi connectivity index (χ4n) is 2.43. The second-order valence-corrected chi connectivity index (χ2v) is 7.34. The Morgan fingerprint density at radius 2 is 1.82 bits per heavy atom. The van der Waals surface area contributed by atoms with E-state index in [4.69, 9.17) is 16.0 Å². The number of rotatable bonds is 5. The van der Waals surface area contributed by atoms with Gasteiger partial charge in [-0.05, 0) is 48.9 Å². The van der Waals surface area contributed by atoms with Gasteiger partial charge < -0.3 is 20.4 Å². The molecule has 0 aliphatic rings. The van der Waals surface area contributed by atoms with Crippen molar-refractivity contribution in [1.29, 1.82) is 0 Å². The Labute approximate surface area is 169 Å². The van der Waals surface area contributed by atoms with E-state index in [-0.39, 0.29) is 17.6 Å². The number of carbonyl (C=O) groups is 3. The molecule has 0 atom stereocenters. The van der Waals surface area contributed by atoms with Gasteiger partial charge in [0.15, 0.2) is 5.76 Å². The molecular formula is C19H16ClN3O4S. The highest BCUT2D eigenvalue weighted by Gasteiger charge is 2.17. The lowest BCUT2D eigenvalue weighted by atomic mass is 10.2. The molecule has 2 heterocycles. The van der Waals surface area contributed by atoms with Crippen LogP contribution in [-0.2, 0) is 4.79 Å². The summed E-state index contributed by atoms with van der Waals surface area (Å²) >= 11 is 7.33. The SMILES string of the molecule is CC(=O)Nc1ccc(NC(=O)c2sc(NC(=O)c3ccco3)cc2C)c(Cl)c1. The lowest BCUT2D eigenvalue weighted by molar-refractivity contribution is -0.114. The number of anilines is 3. The summed E-state index contributed by atoms with van der Waals surface area (Å²) in [4.78, 5) is 36.2. The average molecular weight is 418 g/mol. The number of amides is 3. The summed E-state index contributed by atoms with van der Waals surface area (Å²) in [5.74, 6) is -0.778. The van der Waals surface area contributed by atoms with Crippen LogP contribution in [0.5, 0.6) is 0 Å². The highest BCUT2D eigenvalue weighted by molar-refractivity contribution is 7.18. The summed E-state index contributed by atoms with van der Waals surface area (Å²) in [7, 11) is 0. The molecular weight excluding hydrogens is 402 g/mol. The molecule has 0 bridgehead atoms. The van der Waals surface area contributed by atoms with E-state index in [1.165, 1.54) is 13.2 Å². The number of carbonyl (C=O) groups excluding carboxylic acids is 3. The fourth-order valence-corrected chi connectivity index (χ4v) is 3.62. The topological polar surface area (TPSA) is 100 Å². The molecule has 1 aromatic carbocycles. The van der Waals surface area contributed by atoms with E-state index in [1.807, 2.05) is 0 Å². The van der Waals surface area contributed by atoms with E-state index in [2.05, 4.69) is 16.0 Å². The minimum Gasteiger partial charge on any atom is -0.459 e. The van der Waals surface area contributed by atoms with Crippen molar-refractivity contribution in [2.45, 2.75) is 13.8 Å². The first-order chi connectivity index (χ1) is 13.3. The number of nitrogens with one attached hydrogen (secondary N) is 3. The Hall–Kier alpha value is -3.10. The molecule has 0 aliphatic carbocycles. The molecule has 0 spiro atoms. The highest BCUT2D eigenvalue weighted by Crippen LogP contribution is 2.30. The summed E-state index contributed by atoms with van der Waals surface area (Å²) in [6.45, 7) is 3.17. The Morgan fingerprint density at radius 1 is 1.04 bits per heavy atom. The van der Waals surface area contributed by atoms with Gasteiger partial charge in [0, 0.05) is 12.6 Å². The number of furan rings is 1. The smallest absolute Gasteiger partial charge is 0.291 e. The summed E-state index contributed by atoms with van der Waals surface area (Å²) in [5.41, 5.74) is 1.66. The minimum atomic E-state index is -0.394. The van der Waals surface area contributed by atoms with Crippen molar-refractivity contribution in [3.8, 4) is 0 Å². The number of halogens is 1. The Balaban J connectivity index is 1.72. The van der Waals surface area contributed by atoms with Crippen LogP contribution in [0.25, 0.3) is 0 Å². The maximum Gasteiger partial charge on any atom is 0.291 e. The van der Waals surface area contributed by atoms with Gasteiger partial charge in [0.05, 0.1) is 26.9 Å². The Bertz CT molecular complexity index is 1040. The molecule has 0 saturated heterocycles. The second-order valence-electron chi connectivity index (χ2n) is 5.88. The molecule has 9 heteroatoms. The zero-order chi connectivity index (χ0) is 20.3. The molecule has 3 rings (SSSR count). The number of hydrogen-bond donors (Lipinski definition) is 3. The molecule has 3 N–H and O–H groups in total. The quantitative estimate of drug-likeness (QED) is 0.556. The van der Waals surface area contributed by atoms with Gasteiger partial charge in [-0.3, -0.25) is 14.4 Å². The molecule has 2 aromatic heterocycles. The van der Waals surface area contributed by atoms with Crippen molar-refractivity contribution in [2.24, 2.45) is 0 Å². The van der Waals surface area contributed by atoms with Crippen LogP contribution in [0.4, 0.5) is 16.4 Å². The van der Waals surface area contributed by atoms with E-state index in [1.54, 1.807) is 43.3 Å². The third kappa shape index (κ3) is 4.59. The summed E-state index contributed by atoms with van der Waals surface area (Å²) in [6.07, 6.45) is 1.41. The molecule has 144 valence electrons. The zero-order valence-electron chi connectivity index (χ0n) is 15.0. The number of thiophene rings is 1. The van der Waals surface area contributed by atoms with Crippen LogP contribution >= 0.6 is 22.9 Å². The van der Waals surface area contributed by atoms with Gasteiger partial charge in [-0.25, -0.2) is 0 Å². The van der Waals surface area contributed by atoms with Crippen molar-refractivity contribution < 1.29 is 18.8 Å². The number of aryl methyl sites for hydroxylation is 1. The molecule has 0 fully saturated rings. The molecule has 0 saturated carbocycles. The van der Waals surface area contributed by atoms with Crippen molar-refractivity contribution in [3.05, 3.63) is 63.9 Å². The van der Waals surface area contributed by atoms with Gasteiger partial charge in [0.25, 0.3) is 11.8 Å². The first-order valence-corrected chi connectivity index (χ1v) is 9.36. The first-order valence-electron chi connectivity index (χ1n) is 8.17. The summed E-state index contributed by atoms with van der Waals surface area (Å²) in [5, 5.41) is 8.87. The van der Waals surface area contributed by atoms with Gasteiger partial charge >= 0.3 is 0 Å². The maximum atomic E-state index is 12.6. The predicted molar refractivity (Wildman–Crippen MR) is 109 cm³/mol. The standard InChI is InChI=1S/C19H16ClN3O4S/c1-10-8-16(23-18(25)15-4-3-7-27-15)28-17(10)19(26)22-14-6-5-12(9-13(14)20)21-11(2)24/h3-9H,1-2H3,(H,21,24)(H,22,26)(H,23,25). The van der Waals surface area contributed by atoms with Gasteiger partial charge in [-0.15, -0.1) is 11.3 Å². The molecule has 0 aliphatic heterocycles. The third-order valence-corrected chi connectivity index (χ3v) is 5.11. The van der Waals surface area contributed by atoms with E-state index >= 15 is 0 Å². The third-order valence-electron chi connectivity index (χ3n) is 3.64. The lowest BCUT2D eigenvalue weighted by Gasteiger charge is -2.09. The molecule has 0 unspecified atom stereocenters. The van der Waals surface area contributed by atoms with Crippen LogP contribution in [0, 0.1) is 6.92 Å². The van der Waals surface area contributed by atoms with Crippen molar-refractivity contribution in [3.63, 3.8) is 0 Å². The van der Waals surface area contributed by atoms with Crippen LogP contribution in [0.1, 0.15) is 32.7 Å². The van der Waals surface area contributed by atoms with E-state index in [0.717, 1.165) is 11.3 Å². The normalized spacial score (nSPS) is 10.4. The maximum absolute atomic E-state index is 12.6. The van der Waals surface area contributed by atoms with Crippen LogP contribution in [0.15, 0.2) is 47.1 Å². The van der Waals surface area contributed by atoms with Crippen molar-refractivity contribution in [1.82, 2.24) is 0 Å². The number of benzene rings is 1. The average Bonchev–Trinajstić information content (AvgIpc) is 3.26. The second kappa shape index (κ2) is 8.28. The van der Waals surface area contributed by atoms with E-state index in [0.29, 0.717) is 31.8 Å². The van der Waals surface area contributed by atoms with Gasteiger partial charge in [0.2, 0.25) is 5.91 Å². The molecule has 7 nitrogen and oxygen atoms in total. The van der Waals surface area contributed by atoms with E-state index < -0.39 is 5.91 Å². The van der Waals surface area contributed by atoms with Crippen LogP contribution in [0.3, 0.4) is 0 Å². The summed E-state index contributed by atoms with van der Waals surface area (Å²) < 4.78 is 5.05. The van der Waals surface area contributed by atoms with Crippen LogP contribution < -0.4 is 16.0 Å². The molecule has 0 radical (unpaired) electrons. The van der Waals surface area contributed by atoms with Crippen LogP contribution in [0.2, 0.25) is 5.02 Å². The first kappa shape index (κ1) is 19.7. The van der Waals surface area contributed by atoms with Crippen LogP contribution in [-0.4, -0.2) is 17.7 Å². The lowest BCUT2D eigenvalue weighted by Crippen LogP contribution is -2.12. The van der Waals surface area contributed by atoms with Gasteiger partial charge in [-0.1, -0.05) is 11.6 Å². The minimum absolute atomic E-state index is 0.183. The van der Waals surface area contributed by atoms with E-state index in [9.17, 15) is 14.4 Å². The van der Waals surface area contributed by atoms with Crippen molar-refractivity contribution in [2.75, 3.05) is 16.0 Å². The largest absolute Gasteiger partial charge is 0.459 e. The summed E-state index contributed by atoms with van der Waals surface area (Å²) in [6, 6.07) is 9.68. The fraction of sp³-hybridized carbons (Fsp3) is 0.105. The van der Waals surface area contributed by atoms with Crippen molar-refractivity contribution >= 4 is 57.0 Å². The monoisotopic (exact) mass is 417 g/mol. The Morgan fingerprint density at radius 3 is 2.46 bits per heavy atom. The van der Waals surface area contributed by atoms with Gasteiger partial charge in [-0.2, -0.15) is 0 Å². The Kier molecular flexibility index (Phi) is 5.81. The predicted octanol–water partition coefficient (Wildman–Crippen LogP) is 4.77. The highest BCUT2D eigenvalue weighted by atomic mass is 35.5. The zero-order valence-corrected chi connectivity index (χ0v) is 16.5.